The maximum atomic E-state index is 13.4. The molecule has 8 fully saturated rings. The summed E-state index contributed by atoms with van der Waals surface area (Å²) in [5.41, 5.74) is -5.07. The Morgan fingerprint density at radius 3 is 1.69 bits per heavy atom. The summed E-state index contributed by atoms with van der Waals surface area (Å²) in [6.07, 6.45) is -33.0. The summed E-state index contributed by atoms with van der Waals surface area (Å²) in [4.78, 5) is 39.5. The van der Waals surface area contributed by atoms with Crippen LogP contribution in [0.15, 0.2) is 34.9 Å². The molecule has 27 nitrogen and oxygen atoms in total. The number of carbonyl (C=O) groups is 3. The molecule has 512 valence electrons. The summed E-state index contributed by atoms with van der Waals surface area (Å²) in [6, 6.07) is 0. The van der Waals surface area contributed by atoms with Gasteiger partial charge in [-0.05, 0) is 113 Å². The van der Waals surface area contributed by atoms with Crippen molar-refractivity contribution in [3.05, 3.63) is 34.9 Å². The Balaban J connectivity index is 1.03. The van der Waals surface area contributed by atoms with Crippen molar-refractivity contribution in [2.75, 3.05) is 19.8 Å². The van der Waals surface area contributed by atoms with Gasteiger partial charge in [0.05, 0.1) is 61.9 Å². The summed E-state index contributed by atoms with van der Waals surface area (Å²) in [7, 11) is 0. The van der Waals surface area contributed by atoms with E-state index in [9.17, 15) is 85.9 Å². The van der Waals surface area contributed by atoms with Crippen LogP contribution in [0.5, 0.6) is 0 Å². The van der Waals surface area contributed by atoms with Crippen LogP contribution in [0, 0.1) is 50.2 Å². The molecule has 0 spiro atoms. The molecule has 4 saturated carbocycles. The molecule has 0 aromatic carbocycles. The van der Waals surface area contributed by atoms with E-state index in [1.54, 1.807) is 13.8 Å². The van der Waals surface area contributed by atoms with E-state index >= 15 is 0 Å². The molecule has 0 aromatic heterocycles. The zero-order valence-electron chi connectivity index (χ0n) is 53.3. The van der Waals surface area contributed by atoms with E-state index in [2.05, 4.69) is 19.9 Å². The predicted molar refractivity (Wildman–Crippen MR) is 308 cm³/mol. The average molecular weight is 1290 g/mol. The molecular weight excluding hydrogens is 1190 g/mol. The monoisotopic (exact) mass is 1290 g/mol. The van der Waals surface area contributed by atoms with Crippen molar-refractivity contribution in [1.82, 2.24) is 0 Å². The van der Waals surface area contributed by atoms with Gasteiger partial charge >= 0.3 is 17.9 Å². The van der Waals surface area contributed by atoms with E-state index in [1.165, 1.54) is 32.9 Å². The van der Waals surface area contributed by atoms with E-state index in [4.69, 9.17) is 47.4 Å². The van der Waals surface area contributed by atoms with Crippen molar-refractivity contribution in [2.45, 2.75) is 269 Å². The number of carboxylic acid groups (broad SMARTS) is 1. The van der Waals surface area contributed by atoms with Crippen LogP contribution in [0.4, 0.5) is 0 Å². The lowest BCUT2D eigenvalue weighted by Gasteiger charge is -2.73. The highest BCUT2D eigenvalue weighted by atomic mass is 16.8. The molecule has 3 unspecified atom stereocenters. The maximum absolute atomic E-state index is 13.4. The van der Waals surface area contributed by atoms with Crippen LogP contribution < -0.4 is 0 Å². The van der Waals surface area contributed by atoms with Crippen LogP contribution in [0.25, 0.3) is 0 Å². The Bertz CT molecular complexity index is 2700. The highest BCUT2D eigenvalue weighted by Crippen LogP contribution is 2.76. The standard InChI is InChI=1S/C63H98O27/c1-13-25(3)52(79)85-42-27(5)81-56(41(73)44(42)86-53(80)26(4)14-2)90-50-49(76)58(6,7)21-29-28-15-16-33-60(10)19-18-34(59(8,9)32(60)17-20-61(33,11)62(28,12)47(74)48(75)63(29,50)24-66)84-57-46(89-55-39(71)37(69)35(67)30(22-64)82-55)43(40(72)45(88-57)51(77)78)87-54-38(70)36(68)31(23-65)83-54/h13-15,27,29-50,54-57,64-76H,16-24H2,1-12H3,(H,77,78)/b25-13-,26-14-/t27-,29?,30+,31+,32?,33?,34-,35-,36+,37-,38-,39+,40-,41-,42-,43-,44-,45-,46+,47+,48-,49-,50+,54+,55-,56+,57-,60-,61+,62-,63-/m0/s1. The van der Waals surface area contributed by atoms with Gasteiger partial charge in [-0.1, -0.05) is 72.3 Å². The summed E-state index contributed by atoms with van der Waals surface area (Å²) in [5, 5.41) is 159. The minimum atomic E-state index is -2.15. The Morgan fingerprint density at radius 1 is 0.589 bits per heavy atom. The van der Waals surface area contributed by atoms with Gasteiger partial charge in [-0.2, -0.15) is 0 Å². The van der Waals surface area contributed by atoms with Gasteiger partial charge < -0.3 is 119 Å². The van der Waals surface area contributed by atoms with Crippen LogP contribution in [-0.4, -0.2) is 256 Å². The molecule has 5 aliphatic carbocycles. The number of aliphatic hydroxyl groups excluding tert-OH is 13. The zero-order valence-corrected chi connectivity index (χ0v) is 53.3. The predicted octanol–water partition coefficient (Wildman–Crippen LogP) is -0.885. The number of aliphatic hydroxyl groups is 13. The molecule has 0 aromatic rings. The minimum absolute atomic E-state index is 0.191. The third-order valence-corrected chi connectivity index (χ3v) is 23.5. The van der Waals surface area contributed by atoms with Gasteiger partial charge in [0, 0.05) is 16.6 Å². The number of carbonyl (C=O) groups excluding carboxylic acids is 2. The maximum Gasteiger partial charge on any atom is 0.335 e. The Morgan fingerprint density at radius 2 is 1.13 bits per heavy atom. The first-order valence-corrected chi connectivity index (χ1v) is 31.5. The van der Waals surface area contributed by atoms with E-state index < -0.39 is 223 Å². The number of fused-ring (bicyclic) bond motifs is 7. The SMILES string of the molecule is C/C=C(/C)C(=O)O[C@@H]1[C@@H](OC(=O)/C(C)=C\C)[C@H](O)[C@@H](O[C@@H]2[C@H](O)C(C)(C)CC3C4=CCC5[C@@]6(C)CC[C@H](O[C@H]7O[C@H](C(=O)O)[C@@H](O)[C@H](O[C@H]8O[C@H](CO)[C@@H](O)[C@@H]8O)[C@H]7O[C@@H]7O[C@H](CO)[C@H](O)[C@H](O)[C@H]7O)C(C)(C)C6CC[C@@]5(C)[C@]4(C)[C@H](O)[C@H](O)[C@]32CO)O[C@H]1C. The fourth-order valence-corrected chi connectivity index (χ4v) is 17.6. The molecule has 0 amide bonds. The molecule has 31 atom stereocenters. The van der Waals surface area contributed by atoms with Crippen LogP contribution in [0.3, 0.4) is 0 Å². The van der Waals surface area contributed by atoms with Crippen LogP contribution in [0.1, 0.15) is 122 Å². The fraction of sp³-hybridized carbons (Fsp3) is 0.857. The Hall–Kier alpha value is -3.21. The zero-order chi connectivity index (χ0) is 66.6. The first-order valence-electron chi connectivity index (χ1n) is 31.5. The molecule has 27 heteroatoms. The van der Waals surface area contributed by atoms with Crippen LogP contribution >= 0.6 is 0 Å². The number of aliphatic carboxylic acids is 1. The van der Waals surface area contributed by atoms with Gasteiger partial charge in [-0.15, -0.1) is 0 Å². The average Bonchev–Trinajstić information content (AvgIpc) is 0.734. The second-order valence-corrected chi connectivity index (χ2v) is 28.8. The normalized spacial score (nSPS) is 50.1. The molecule has 90 heavy (non-hydrogen) atoms. The lowest BCUT2D eigenvalue weighted by Crippen LogP contribution is -2.76. The minimum Gasteiger partial charge on any atom is -0.479 e. The summed E-state index contributed by atoms with van der Waals surface area (Å²) >= 11 is 0. The topological polar surface area (TPSA) is 427 Å². The molecule has 0 bridgehead atoms. The first kappa shape index (κ1) is 71.1. The number of ether oxygens (including phenoxy) is 10. The molecule has 4 heterocycles. The molecule has 0 radical (unpaired) electrons. The van der Waals surface area contributed by atoms with Gasteiger partial charge in [0.2, 0.25) is 0 Å². The lowest BCUT2D eigenvalue weighted by atomic mass is 9.32. The number of hydrogen-bond donors (Lipinski definition) is 14. The first-order chi connectivity index (χ1) is 42.0. The third kappa shape index (κ3) is 11.4. The molecule has 9 aliphatic rings. The summed E-state index contributed by atoms with van der Waals surface area (Å²) in [5.74, 6) is -4.42. The number of hydrogen-bond acceptors (Lipinski definition) is 26. The van der Waals surface area contributed by atoms with Gasteiger partial charge in [-0.3, -0.25) is 0 Å². The van der Waals surface area contributed by atoms with Crippen molar-refractivity contribution in [1.29, 1.82) is 0 Å². The fourth-order valence-electron chi connectivity index (χ4n) is 17.6. The Kier molecular flexibility index (Phi) is 20.6. The lowest BCUT2D eigenvalue weighted by molar-refractivity contribution is -0.386. The van der Waals surface area contributed by atoms with Crippen molar-refractivity contribution >= 4 is 17.9 Å². The quantitative estimate of drug-likeness (QED) is 0.0386. The van der Waals surface area contributed by atoms with Crippen molar-refractivity contribution in [3.8, 4) is 0 Å². The van der Waals surface area contributed by atoms with Crippen LogP contribution in [-0.2, 0) is 61.8 Å². The van der Waals surface area contributed by atoms with Crippen molar-refractivity contribution in [3.63, 3.8) is 0 Å². The van der Waals surface area contributed by atoms with E-state index in [1.807, 2.05) is 34.6 Å². The van der Waals surface area contributed by atoms with Gasteiger partial charge in [0.25, 0.3) is 0 Å². The second-order valence-electron chi connectivity index (χ2n) is 28.8. The second kappa shape index (κ2) is 26.1. The number of allylic oxidation sites excluding steroid dienone is 3. The van der Waals surface area contributed by atoms with E-state index in [0.717, 1.165) is 5.57 Å². The smallest absolute Gasteiger partial charge is 0.335 e. The van der Waals surface area contributed by atoms with Crippen molar-refractivity contribution < 1.29 is 133 Å². The highest BCUT2D eigenvalue weighted by molar-refractivity contribution is 5.88. The molecule has 4 saturated heterocycles. The molecule has 4 aliphatic heterocycles. The van der Waals surface area contributed by atoms with Crippen LogP contribution in [0.2, 0.25) is 0 Å². The molecular formula is C63H98O27. The number of carboxylic acids is 1. The van der Waals surface area contributed by atoms with Gasteiger partial charge in [0.1, 0.15) is 67.1 Å². The van der Waals surface area contributed by atoms with Crippen molar-refractivity contribution in [2.24, 2.45) is 50.2 Å². The summed E-state index contributed by atoms with van der Waals surface area (Å²) < 4.78 is 61.2. The largest absolute Gasteiger partial charge is 0.479 e. The number of esters is 2. The molecule has 9 rings (SSSR count). The summed E-state index contributed by atoms with van der Waals surface area (Å²) in [6.45, 7) is 19.3. The van der Waals surface area contributed by atoms with Gasteiger partial charge in [-0.25, -0.2) is 14.4 Å². The third-order valence-electron chi connectivity index (χ3n) is 23.5. The van der Waals surface area contributed by atoms with E-state index in [-0.39, 0.29) is 35.8 Å². The highest BCUT2D eigenvalue weighted by Gasteiger charge is 2.76. The number of rotatable bonds is 16. The Labute approximate surface area is 523 Å². The molecule has 14 N–H and O–H groups in total. The van der Waals surface area contributed by atoms with E-state index in [0.29, 0.717) is 25.7 Å². The van der Waals surface area contributed by atoms with Gasteiger partial charge in [0.15, 0.2) is 43.5 Å².